The molecule has 3 rings (SSSR count). The fourth-order valence-electron chi connectivity index (χ4n) is 2.57. The molecule has 0 bridgehead atoms. The molecule has 2 aromatic rings. The molecule has 0 atom stereocenters. The second kappa shape index (κ2) is 7.23. The third kappa shape index (κ3) is 4.27. The summed E-state index contributed by atoms with van der Waals surface area (Å²) in [6.45, 7) is 1.07. The standard InChI is InChI=1S/C18H19N3O4/c1-21(9-12-2-7-15-16(8-12)25-11-24-15)10-17(22)20-14-5-3-13(4-6-14)18(19)23/h2-8H,9-11H2,1H3,(H2,19,23)(H,20,22). The van der Waals surface area contributed by atoms with E-state index in [1.54, 1.807) is 24.3 Å². The molecule has 2 aromatic carbocycles. The molecule has 0 aliphatic carbocycles. The lowest BCUT2D eigenvalue weighted by Crippen LogP contribution is -2.29. The number of carbonyl (C=O) groups is 2. The van der Waals surface area contributed by atoms with E-state index in [9.17, 15) is 9.59 Å². The summed E-state index contributed by atoms with van der Waals surface area (Å²) in [5.41, 5.74) is 7.24. The first-order chi connectivity index (χ1) is 12.0. The molecule has 2 amide bonds. The van der Waals surface area contributed by atoms with Crippen LogP contribution in [-0.2, 0) is 11.3 Å². The van der Waals surface area contributed by atoms with Gasteiger partial charge < -0.3 is 20.5 Å². The molecule has 0 spiro atoms. The van der Waals surface area contributed by atoms with Crippen molar-refractivity contribution in [2.24, 2.45) is 5.73 Å². The number of hydrogen-bond acceptors (Lipinski definition) is 5. The van der Waals surface area contributed by atoms with E-state index in [0.29, 0.717) is 17.8 Å². The largest absolute Gasteiger partial charge is 0.454 e. The van der Waals surface area contributed by atoms with Crippen molar-refractivity contribution in [1.29, 1.82) is 0 Å². The number of carbonyl (C=O) groups excluding carboxylic acids is 2. The number of anilines is 1. The van der Waals surface area contributed by atoms with E-state index in [4.69, 9.17) is 15.2 Å². The SMILES string of the molecule is CN(CC(=O)Nc1ccc(C(N)=O)cc1)Cc1ccc2c(c1)OCO2. The van der Waals surface area contributed by atoms with Crippen LogP contribution in [0.3, 0.4) is 0 Å². The molecule has 7 nitrogen and oxygen atoms in total. The van der Waals surface area contributed by atoms with Crippen LogP contribution in [0.15, 0.2) is 42.5 Å². The molecule has 0 aromatic heterocycles. The number of nitrogens with zero attached hydrogens (tertiary/aromatic N) is 1. The van der Waals surface area contributed by atoms with Crippen molar-refractivity contribution >= 4 is 17.5 Å². The Kier molecular flexibility index (Phi) is 4.85. The van der Waals surface area contributed by atoms with Gasteiger partial charge in [-0.3, -0.25) is 14.5 Å². The number of nitrogens with one attached hydrogen (secondary N) is 1. The summed E-state index contributed by atoms with van der Waals surface area (Å²) in [7, 11) is 1.86. The molecule has 1 heterocycles. The topological polar surface area (TPSA) is 93.9 Å². The zero-order chi connectivity index (χ0) is 17.8. The summed E-state index contributed by atoms with van der Waals surface area (Å²) in [5, 5.41) is 2.79. The van der Waals surface area contributed by atoms with Gasteiger partial charge >= 0.3 is 0 Å². The molecule has 7 heteroatoms. The quantitative estimate of drug-likeness (QED) is 0.832. The summed E-state index contributed by atoms with van der Waals surface area (Å²) < 4.78 is 10.6. The number of likely N-dealkylation sites (N-methyl/N-ethyl adjacent to an activating group) is 1. The normalized spacial score (nSPS) is 12.2. The van der Waals surface area contributed by atoms with Gasteiger partial charge in [0.2, 0.25) is 18.6 Å². The van der Waals surface area contributed by atoms with Gasteiger partial charge in [-0.2, -0.15) is 0 Å². The van der Waals surface area contributed by atoms with E-state index in [1.165, 1.54) is 0 Å². The Hall–Kier alpha value is -3.06. The Morgan fingerprint density at radius 3 is 2.56 bits per heavy atom. The predicted molar refractivity (Wildman–Crippen MR) is 92.5 cm³/mol. The minimum absolute atomic E-state index is 0.143. The molecule has 1 aliphatic heterocycles. The first-order valence-corrected chi connectivity index (χ1v) is 7.78. The van der Waals surface area contributed by atoms with Crippen molar-refractivity contribution in [1.82, 2.24) is 4.90 Å². The van der Waals surface area contributed by atoms with Crippen LogP contribution >= 0.6 is 0 Å². The van der Waals surface area contributed by atoms with Crippen molar-refractivity contribution in [3.05, 3.63) is 53.6 Å². The number of fused-ring (bicyclic) bond motifs is 1. The number of rotatable bonds is 6. The van der Waals surface area contributed by atoms with Crippen LogP contribution in [0.2, 0.25) is 0 Å². The van der Waals surface area contributed by atoms with Gasteiger partial charge in [-0.25, -0.2) is 0 Å². The molecule has 0 saturated carbocycles. The van der Waals surface area contributed by atoms with Crippen LogP contribution in [-0.4, -0.2) is 37.1 Å². The molecular weight excluding hydrogens is 322 g/mol. The van der Waals surface area contributed by atoms with Crippen LogP contribution in [0.1, 0.15) is 15.9 Å². The Balaban J connectivity index is 1.52. The summed E-state index contributed by atoms with van der Waals surface area (Å²) in [6.07, 6.45) is 0. The van der Waals surface area contributed by atoms with Gasteiger partial charge in [0.25, 0.3) is 0 Å². The van der Waals surface area contributed by atoms with E-state index in [1.807, 2.05) is 30.1 Å². The maximum Gasteiger partial charge on any atom is 0.248 e. The molecule has 0 unspecified atom stereocenters. The highest BCUT2D eigenvalue weighted by Gasteiger charge is 2.14. The highest BCUT2D eigenvalue weighted by Crippen LogP contribution is 2.32. The van der Waals surface area contributed by atoms with Crippen molar-refractivity contribution < 1.29 is 19.1 Å². The smallest absolute Gasteiger partial charge is 0.248 e. The van der Waals surface area contributed by atoms with Gasteiger partial charge in [-0.1, -0.05) is 6.07 Å². The van der Waals surface area contributed by atoms with E-state index in [2.05, 4.69) is 5.32 Å². The maximum atomic E-state index is 12.1. The number of hydrogen-bond donors (Lipinski definition) is 2. The first-order valence-electron chi connectivity index (χ1n) is 7.78. The fourth-order valence-corrected chi connectivity index (χ4v) is 2.57. The van der Waals surface area contributed by atoms with Crippen LogP contribution in [0.5, 0.6) is 11.5 Å². The monoisotopic (exact) mass is 341 g/mol. The second-order valence-electron chi connectivity index (χ2n) is 5.85. The minimum atomic E-state index is -0.499. The van der Waals surface area contributed by atoms with Gasteiger partial charge in [-0.05, 0) is 49.0 Å². The lowest BCUT2D eigenvalue weighted by molar-refractivity contribution is -0.117. The van der Waals surface area contributed by atoms with E-state index in [-0.39, 0.29) is 19.2 Å². The molecule has 0 radical (unpaired) electrons. The van der Waals surface area contributed by atoms with Gasteiger partial charge in [0.15, 0.2) is 11.5 Å². The van der Waals surface area contributed by atoms with Gasteiger partial charge in [0.05, 0.1) is 6.54 Å². The lowest BCUT2D eigenvalue weighted by Gasteiger charge is -2.16. The van der Waals surface area contributed by atoms with Gasteiger partial charge in [-0.15, -0.1) is 0 Å². The number of primary amides is 1. The maximum absolute atomic E-state index is 12.1. The third-order valence-electron chi connectivity index (χ3n) is 3.76. The molecule has 130 valence electrons. The van der Waals surface area contributed by atoms with Crippen molar-refractivity contribution in [3.63, 3.8) is 0 Å². The molecule has 0 fully saturated rings. The number of ether oxygens (including phenoxy) is 2. The zero-order valence-electron chi connectivity index (χ0n) is 13.8. The van der Waals surface area contributed by atoms with Crippen LogP contribution in [0.4, 0.5) is 5.69 Å². The summed E-state index contributed by atoms with van der Waals surface area (Å²) in [6, 6.07) is 12.2. The molecule has 0 saturated heterocycles. The first kappa shape index (κ1) is 16.8. The number of nitrogens with two attached hydrogens (primary N) is 1. The minimum Gasteiger partial charge on any atom is -0.454 e. The van der Waals surface area contributed by atoms with Crippen molar-refractivity contribution in [3.8, 4) is 11.5 Å². The highest BCUT2D eigenvalue weighted by molar-refractivity contribution is 5.95. The third-order valence-corrected chi connectivity index (χ3v) is 3.76. The number of amides is 2. The predicted octanol–water partition coefficient (Wildman–Crippen LogP) is 1.58. The average molecular weight is 341 g/mol. The van der Waals surface area contributed by atoms with E-state index in [0.717, 1.165) is 17.1 Å². The second-order valence-corrected chi connectivity index (χ2v) is 5.85. The number of benzene rings is 2. The average Bonchev–Trinajstić information content (AvgIpc) is 3.02. The highest BCUT2D eigenvalue weighted by atomic mass is 16.7. The summed E-state index contributed by atoms with van der Waals surface area (Å²) >= 11 is 0. The summed E-state index contributed by atoms with van der Waals surface area (Å²) in [4.78, 5) is 25.1. The zero-order valence-corrected chi connectivity index (χ0v) is 13.8. The summed E-state index contributed by atoms with van der Waals surface area (Å²) in [5.74, 6) is 0.824. The van der Waals surface area contributed by atoms with E-state index < -0.39 is 5.91 Å². The Labute approximate surface area is 145 Å². The lowest BCUT2D eigenvalue weighted by atomic mass is 10.2. The van der Waals surface area contributed by atoms with Gasteiger partial charge in [0.1, 0.15) is 0 Å². The Morgan fingerprint density at radius 2 is 1.84 bits per heavy atom. The molecular formula is C18H19N3O4. The van der Waals surface area contributed by atoms with Crippen LogP contribution in [0.25, 0.3) is 0 Å². The molecule has 1 aliphatic rings. The fraction of sp³-hybridized carbons (Fsp3) is 0.222. The van der Waals surface area contributed by atoms with E-state index >= 15 is 0 Å². The Morgan fingerprint density at radius 1 is 1.12 bits per heavy atom. The molecule has 25 heavy (non-hydrogen) atoms. The van der Waals surface area contributed by atoms with Crippen molar-refractivity contribution in [2.75, 3.05) is 25.7 Å². The Bertz CT molecular complexity index is 789. The van der Waals surface area contributed by atoms with Crippen LogP contribution < -0.4 is 20.5 Å². The van der Waals surface area contributed by atoms with Crippen molar-refractivity contribution in [2.45, 2.75) is 6.54 Å². The molecule has 3 N–H and O–H groups in total. The van der Waals surface area contributed by atoms with Gasteiger partial charge in [0, 0.05) is 17.8 Å². The van der Waals surface area contributed by atoms with Crippen LogP contribution in [0, 0.1) is 0 Å².